The normalized spacial score (nSPS) is 12.0. The van der Waals surface area contributed by atoms with Crippen LogP contribution in [0.15, 0.2) is 42.5 Å². The number of aryl methyl sites for hydroxylation is 2. The third kappa shape index (κ3) is 5.60. The van der Waals surface area contributed by atoms with Crippen LogP contribution in [0.4, 0.5) is 0 Å². The van der Waals surface area contributed by atoms with E-state index in [1.807, 2.05) is 31.2 Å². The highest BCUT2D eigenvalue weighted by molar-refractivity contribution is 7.99. The van der Waals surface area contributed by atoms with Gasteiger partial charge in [0.25, 0.3) is 0 Å². The van der Waals surface area contributed by atoms with Gasteiger partial charge in [0.1, 0.15) is 0 Å². The van der Waals surface area contributed by atoms with E-state index in [1.165, 1.54) is 11.1 Å². The van der Waals surface area contributed by atoms with Gasteiger partial charge >= 0.3 is 0 Å². The number of hydrogen-bond donors (Lipinski definition) is 1. The predicted molar refractivity (Wildman–Crippen MR) is 100 cm³/mol. The van der Waals surface area contributed by atoms with E-state index in [0.717, 1.165) is 21.9 Å². The van der Waals surface area contributed by atoms with E-state index in [1.54, 1.807) is 11.8 Å². The van der Waals surface area contributed by atoms with Gasteiger partial charge in [-0.2, -0.15) is 0 Å². The summed E-state index contributed by atoms with van der Waals surface area (Å²) in [4.78, 5) is 12.1. The molecule has 0 radical (unpaired) electrons. The minimum atomic E-state index is 0.0218. The summed E-state index contributed by atoms with van der Waals surface area (Å²) in [5.41, 5.74) is 4.79. The van der Waals surface area contributed by atoms with Crippen molar-refractivity contribution >= 4 is 29.3 Å². The lowest BCUT2D eigenvalue weighted by Gasteiger charge is -2.15. The van der Waals surface area contributed by atoms with Crippen LogP contribution in [0.1, 0.15) is 35.2 Å². The van der Waals surface area contributed by atoms with E-state index in [0.29, 0.717) is 5.75 Å². The van der Waals surface area contributed by atoms with Crippen LogP contribution in [0.5, 0.6) is 0 Å². The third-order valence-corrected chi connectivity index (χ3v) is 5.04. The molecule has 0 saturated carbocycles. The van der Waals surface area contributed by atoms with Gasteiger partial charge in [-0.3, -0.25) is 4.79 Å². The summed E-state index contributed by atoms with van der Waals surface area (Å²) in [5, 5.41) is 3.79. The van der Waals surface area contributed by atoms with Crippen molar-refractivity contribution in [1.29, 1.82) is 0 Å². The molecule has 1 N–H and O–H groups in total. The predicted octanol–water partition coefficient (Wildman–Crippen LogP) is 5.07. The molecule has 4 heteroatoms. The maximum absolute atomic E-state index is 12.1. The molecule has 2 rings (SSSR count). The summed E-state index contributed by atoms with van der Waals surface area (Å²) < 4.78 is 0. The molecular weight excluding hydrogens is 326 g/mol. The summed E-state index contributed by atoms with van der Waals surface area (Å²) in [5.74, 6) is 1.29. The first kappa shape index (κ1) is 17.9. The maximum atomic E-state index is 12.1. The Balaban J connectivity index is 1.81. The van der Waals surface area contributed by atoms with E-state index in [4.69, 9.17) is 11.6 Å². The maximum Gasteiger partial charge on any atom is 0.230 e. The van der Waals surface area contributed by atoms with E-state index in [2.05, 4.69) is 37.4 Å². The fourth-order valence-electron chi connectivity index (χ4n) is 2.29. The minimum Gasteiger partial charge on any atom is -0.349 e. The lowest BCUT2D eigenvalue weighted by molar-refractivity contribution is -0.119. The molecule has 0 bridgehead atoms. The molecule has 122 valence electrons. The van der Waals surface area contributed by atoms with Gasteiger partial charge in [-0.25, -0.2) is 0 Å². The number of thioether (sulfide) groups is 1. The van der Waals surface area contributed by atoms with Crippen LogP contribution < -0.4 is 5.32 Å². The standard InChI is InChI=1S/C19H22ClNOS/c1-13-7-8-17(9-14(13)2)15(3)21-19(22)12-23-11-16-5-4-6-18(20)10-16/h4-10,15H,11-12H2,1-3H3,(H,21,22)/t15-/m0/s1. The molecule has 23 heavy (non-hydrogen) atoms. The van der Waals surface area contributed by atoms with E-state index in [-0.39, 0.29) is 11.9 Å². The summed E-state index contributed by atoms with van der Waals surface area (Å²) in [6, 6.07) is 14.1. The van der Waals surface area contributed by atoms with Gasteiger partial charge in [-0.15, -0.1) is 11.8 Å². The second kappa shape index (κ2) is 8.42. The Morgan fingerprint density at radius 2 is 1.96 bits per heavy atom. The Hall–Kier alpha value is -1.45. The second-order valence-electron chi connectivity index (χ2n) is 5.76. The fraction of sp³-hybridized carbons (Fsp3) is 0.316. The van der Waals surface area contributed by atoms with Gasteiger partial charge in [0, 0.05) is 10.8 Å². The lowest BCUT2D eigenvalue weighted by atomic mass is 10.0. The van der Waals surface area contributed by atoms with Crippen molar-refractivity contribution in [3.05, 3.63) is 69.7 Å². The zero-order valence-corrected chi connectivity index (χ0v) is 15.3. The average molecular weight is 348 g/mol. The van der Waals surface area contributed by atoms with Crippen molar-refractivity contribution in [3.8, 4) is 0 Å². The molecule has 0 heterocycles. The van der Waals surface area contributed by atoms with Gasteiger partial charge in [0.05, 0.1) is 11.8 Å². The van der Waals surface area contributed by atoms with Gasteiger partial charge in [-0.1, -0.05) is 41.9 Å². The molecule has 0 spiro atoms. The summed E-state index contributed by atoms with van der Waals surface area (Å²) >= 11 is 7.55. The molecule has 2 aromatic carbocycles. The summed E-state index contributed by atoms with van der Waals surface area (Å²) in [7, 11) is 0. The Labute approximate surface area is 147 Å². The summed E-state index contributed by atoms with van der Waals surface area (Å²) in [6.07, 6.45) is 0. The number of benzene rings is 2. The van der Waals surface area contributed by atoms with Crippen LogP contribution in [-0.2, 0) is 10.5 Å². The quantitative estimate of drug-likeness (QED) is 0.790. The van der Waals surface area contributed by atoms with Crippen LogP contribution >= 0.6 is 23.4 Å². The fourth-order valence-corrected chi connectivity index (χ4v) is 3.29. The average Bonchev–Trinajstić information content (AvgIpc) is 2.50. The van der Waals surface area contributed by atoms with Crippen molar-refractivity contribution in [2.24, 2.45) is 0 Å². The number of carbonyl (C=O) groups is 1. The van der Waals surface area contributed by atoms with Crippen LogP contribution in [0.3, 0.4) is 0 Å². The molecule has 0 fully saturated rings. The first-order valence-corrected chi connectivity index (χ1v) is 9.17. The second-order valence-corrected chi connectivity index (χ2v) is 7.18. The van der Waals surface area contributed by atoms with Crippen molar-refractivity contribution in [1.82, 2.24) is 5.32 Å². The molecule has 0 aromatic heterocycles. The first-order chi connectivity index (χ1) is 11.0. The van der Waals surface area contributed by atoms with Crippen molar-refractivity contribution in [2.75, 3.05) is 5.75 Å². The van der Waals surface area contributed by atoms with Crippen LogP contribution in [0.2, 0.25) is 5.02 Å². The third-order valence-electron chi connectivity index (χ3n) is 3.80. The smallest absolute Gasteiger partial charge is 0.230 e. The summed E-state index contributed by atoms with van der Waals surface area (Å²) in [6.45, 7) is 6.20. The van der Waals surface area contributed by atoms with Gasteiger partial charge in [0.15, 0.2) is 0 Å². The minimum absolute atomic E-state index is 0.0218. The monoisotopic (exact) mass is 347 g/mol. The highest BCUT2D eigenvalue weighted by atomic mass is 35.5. The molecule has 2 aromatic rings. The highest BCUT2D eigenvalue weighted by Crippen LogP contribution is 2.18. The Morgan fingerprint density at radius 3 is 2.65 bits per heavy atom. The Morgan fingerprint density at radius 1 is 1.17 bits per heavy atom. The Kier molecular flexibility index (Phi) is 6.55. The zero-order chi connectivity index (χ0) is 16.8. The highest BCUT2D eigenvalue weighted by Gasteiger charge is 2.10. The van der Waals surface area contributed by atoms with E-state index >= 15 is 0 Å². The van der Waals surface area contributed by atoms with Crippen LogP contribution in [0, 0.1) is 13.8 Å². The van der Waals surface area contributed by atoms with Gasteiger partial charge < -0.3 is 5.32 Å². The number of nitrogens with one attached hydrogen (secondary N) is 1. The number of rotatable bonds is 6. The largest absolute Gasteiger partial charge is 0.349 e. The Bertz CT molecular complexity index is 687. The number of amides is 1. The molecule has 0 saturated heterocycles. The molecule has 0 aliphatic rings. The molecule has 1 atom stereocenters. The molecule has 0 unspecified atom stereocenters. The first-order valence-electron chi connectivity index (χ1n) is 7.64. The molecule has 0 aliphatic carbocycles. The number of hydrogen-bond acceptors (Lipinski definition) is 2. The van der Waals surface area contributed by atoms with E-state index < -0.39 is 0 Å². The SMILES string of the molecule is Cc1ccc([C@H](C)NC(=O)CSCc2cccc(Cl)c2)cc1C. The molecule has 1 amide bonds. The van der Waals surface area contributed by atoms with Crippen molar-refractivity contribution in [2.45, 2.75) is 32.6 Å². The number of carbonyl (C=O) groups excluding carboxylic acids is 1. The van der Waals surface area contributed by atoms with Crippen molar-refractivity contribution < 1.29 is 4.79 Å². The zero-order valence-electron chi connectivity index (χ0n) is 13.7. The van der Waals surface area contributed by atoms with Crippen LogP contribution in [0.25, 0.3) is 0 Å². The van der Waals surface area contributed by atoms with Crippen molar-refractivity contribution in [3.63, 3.8) is 0 Å². The topological polar surface area (TPSA) is 29.1 Å². The van der Waals surface area contributed by atoms with Gasteiger partial charge in [0.2, 0.25) is 5.91 Å². The van der Waals surface area contributed by atoms with Gasteiger partial charge in [-0.05, 0) is 55.2 Å². The lowest BCUT2D eigenvalue weighted by Crippen LogP contribution is -2.28. The molecular formula is C19H22ClNOS. The van der Waals surface area contributed by atoms with Crippen LogP contribution in [-0.4, -0.2) is 11.7 Å². The molecule has 0 aliphatic heterocycles. The number of halogens is 1. The van der Waals surface area contributed by atoms with E-state index in [9.17, 15) is 4.79 Å². The molecule has 2 nitrogen and oxygen atoms in total.